The number of nitrogens with zero attached hydrogens (tertiary/aromatic N) is 2. The molecular weight excluding hydrogens is 374 g/mol. The van der Waals surface area contributed by atoms with Gasteiger partial charge in [0.15, 0.2) is 0 Å². The summed E-state index contributed by atoms with van der Waals surface area (Å²) >= 11 is 6.38. The lowest BCUT2D eigenvalue weighted by Crippen LogP contribution is -2.29. The summed E-state index contributed by atoms with van der Waals surface area (Å²) in [6, 6.07) is 25.0. The zero-order chi connectivity index (χ0) is 19.3. The van der Waals surface area contributed by atoms with Crippen LogP contribution in [0, 0.1) is 0 Å². The number of aromatic nitrogens is 2. The van der Waals surface area contributed by atoms with Crippen molar-refractivity contribution >= 4 is 17.5 Å². The summed E-state index contributed by atoms with van der Waals surface area (Å²) in [7, 11) is 0. The van der Waals surface area contributed by atoms with Gasteiger partial charge in [0.1, 0.15) is 6.04 Å². The van der Waals surface area contributed by atoms with Crippen LogP contribution in [0.4, 0.5) is 0 Å². The Hall–Kier alpha value is -3.44. The molecular formula is C22H16ClN3O2. The maximum absolute atomic E-state index is 12.7. The van der Waals surface area contributed by atoms with Crippen molar-refractivity contribution in [2.24, 2.45) is 0 Å². The van der Waals surface area contributed by atoms with Gasteiger partial charge in [0.2, 0.25) is 11.8 Å². The molecule has 0 aliphatic rings. The molecule has 0 saturated heterocycles. The Morgan fingerprint density at radius 2 is 1.50 bits per heavy atom. The average molecular weight is 390 g/mol. The number of amides is 1. The molecule has 5 nitrogen and oxygen atoms in total. The third-order valence-electron chi connectivity index (χ3n) is 4.24. The molecule has 3 aromatic carbocycles. The first-order valence-electron chi connectivity index (χ1n) is 8.71. The molecule has 28 heavy (non-hydrogen) atoms. The molecule has 4 aromatic rings. The van der Waals surface area contributed by atoms with Crippen LogP contribution in [0.3, 0.4) is 0 Å². The fourth-order valence-electron chi connectivity index (χ4n) is 2.83. The summed E-state index contributed by atoms with van der Waals surface area (Å²) in [6.45, 7) is 0. The number of nitrogens with one attached hydrogen (secondary N) is 1. The Morgan fingerprint density at radius 3 is 2.21 bits per heavy atom. The molecule has 0 saturated carbocycles. The highest BCUT2D eigenvalue weighted by molar-refractivity contribution is 6.31. The van der Waals surface area contributed by atoms with Gasteiger partial charge in [0.25, 0.3) is 5.91 Å². The highest BCUT2D eigenvalue weighted by atomic mass is 35.5. The quantitative estimate of drug-likeness (QED) is 0.526. The summed E-state index contributed by atoms with van der Waals surface area (Å²) in [5.74, 6) is 0.378. The molecule has 0 unspecified atom stereocenters. The lowest BCUT2D eigenvalue weighted by atomic mass is 10.1. The van der Waals surface area contributed by atoms with Gasteiger partial charge in [-0.15, -0.1) is 10.2 Å². The average Bonchev–Trinajstić information content (AvgIpc) is 3.24. The number of carbonyl (C=O) groups is 1. The fourth-order valence-corrected chi connectivity index (χ4v) is 3.08. The van der Waals surface area contributed by atoms with Gasteiger partial charge < -0.3 is 9.73 Å². The Kier molecular flexibility index (Phi) is 5.17. The topological polar surface area (TPSA) is 68.0 Å². The second-order valence-electron chi connectivity index (χ2n) is 6.11. The van der Waals surface area contributed by atoms with Crippen LogP contribution in [0.15, 0.2) is 89.3 Å². The van der Waals surface area contributed by atoms with Crippen molar-refractivity contribution in [1.29, 1.82) is 0 Å². The van der Waals surface area contributed by atoms with Crippen LogP contribution < -0.4 is 5.32 Å². The standard InChI is InChI=1S/C22H16ClN3O2/c23-18-14-8-7-13-17(18)19(24-20(27)15-9-3-1-4-10-15)22-26-25-21(28-22)16-11-5-2-6-12-16/h1-14,19H,(H,24,27)/t19-/m0/s1. The molecule has 6 heteroatoms. The van der Waals surface area contributed by atoms with Crippen LogP contribution in [-0.2, 0) is 0 Å². The Morgan fingerprint density at radius 1 is 0.857 bits per heavy atom. The molecule has 1 aromatic heterocycles. The summed E-state index contributed by atoms with van der Waals surface area (Å²) in [5, 5.41) is 11.8. The maximum Gasteiger partial charge on any atom is 0.252 e. The third kappa shape index (κ3) is 3.80. The van der Waals surface area contributed by atoms with E-state index in [1.54, 1.807) is 30.3 Å². The van der Waals surface area contributed by atoms with Gasteiger partial charge in [0.05, 0.1) is 0 Å². The number of benzene rings is 3. The number of hydrogen-bond donors (Lipinski definition) is 1. The van der Waals surface area contributed by atoms with E-state index in [-0.39, 0.29) is 11.8 Å². The fraction of sp³-hybridized carbons (Fsp3) is 0.0455. The highest BCUT2D eigenvalue weighted by Gasteiger charge is 2.25. The Bertz CT molecular complexity index is 1080. The number of halogens is 1. The van der Waals surface area contributed by atoms with E-state index in [9.17, 15) is 4.79 Å². The maximum atomic E-state index is 12.7. The van der Waals surface area contributed by atoms with Gasteiger partial charge in [0, 0.05) is 21.7 Å². The second-order valence-corrected chi connectivity index (χ2v) is 6.51. The van der Waals surface area contributed by atoms with Gasteiger partial charge in [-0.3, -0.25) is 4.79 Å². The van der Waals surface area contributed by atoms with Crippen LogP contribution >= 0.6 is 11.6 Å². The Labute approximate surface area is 167 Å². The number of hydrogen-bond acceptors (Lipinski definition) is 4. The van der Waals surface area contributed by atoms with E-state index in [1.807, 2.05) is 54.6 Å². The largest absolute Gasteiger partial charge is 0.418 e. The van der Waals surface area contributed by atoms with Crippen molar-refractivity contribution in [3.8, 4) is 11.5 Å². The molecule has 0 spiro atoms. The number of rotatable bonds is 5. The zero-order valence-corrected chi connectivity index (χ0v) is 15.5. The van der Waals surface area contributed by atoms with E-state index in [1.165, 1.54) is 0 Å². The molecule has 1 N–H and O–H groups in total. The van der Waals surface area contributed by atoms with Gasteiger partial charge in [-0.05, 0) is 30.3 Å². The molecule has 0 aliphatic carbocycles. The second kappa shape index (κ2) is 8.06. The highest BCUT2D eigenvalue weighted by Crippen LogP contribution is 2.29. The van der Waals surface area contributed by atoms with Gasteiger partial charge >= 0.3 is 0 Å². The van der Waals surface area contributed by atoms with E-state index < -0.39 is 6.04 Å². The van der Waals surface area contributed by atoms with E-state index >= 15 is 0 Å². The van der Waals surface area contributed by atoms with Gasteiger partial charge in [-0.25, -0.2) is 0 Å². The third-order valence-corrected chi connectivity index (χ3v) is 4.58. The van der Waals surface area contributed by atoms with Crippen LogP contribution in [-0.4, -0.2) is 16.1 Å². The van der Waals surface area contributed by atoms with E-state index in [4.69, 9.17) is 16.0 Å². The molecule has 0 radical (unpaired) electrons. The lowest BCUT2D eigenvalue weighted by Gasteiger charge is -2.17. The van der Waals surface area contributed by atoms with Crippen molar-refractivity contribution in [2.45, 2.75) is 6.04 Å². The first-order chi connectivity index (χ1) is 13.7. The minimum absolute atomic E-state index is 0.259. The van der Waals surface area contributed by atoms with E-state index in [0.717, 1.165) is 5.56 Å². The summed E-state index contributed by atoms with van der Waals surface area (Å²) in [4.78, 5) is 12.7. The summed E-state index contributed by atoms with van der Waals surface area (Å²) < 4.78 is 5.88. The van der Waals surface area contributed by atoms with Gasteiger partial charge in [-0.1, -0.05) is 66.2 Å². The van der Waals surface area contributed by atoms with E-state index in [2.05, 4.69) is 15.5 Å². The molecule has 1 amide bonds. The minimum atomic E-state index is -0.675. The summed E-state index contributed by atoms with van der Waals surface area (Å²) in [6.07, 6.45) is 0. The first kappa shape index (κ1) is 17.9. The number of carbonyl (C=O) groups excluding carboxylic acids is 1. The minimum Gasteiger partial charge on any atom is -0.418 e. The molecule has 4 rings (SSSR count). The van der Waals surface area contributed by atoms with E-state index in [0.29, 0.717) is 22.0 Å². The van der Waals surface area contributed by atoms with Crippen LogP contribution in [0.1, 0.15) is 27.9 Å². The molecule has 138 valence electrons. The Balaban J connectivity index is 1.71. The molecule has 0 bridgehead atoms. The van der Waals surface area contributed by atoms with Gasteiger partial charge in [-0.2, -0.15) is 0 Å². The zero-order valence-electron chi connectivity index (χ0n) is 14.7. The van der Waals surface area contributed by atoms with Crippen LogP contribution in [0.2, 0.25) is 5.02 Å². The van der Waals surface area contributed by atoms with Crippen molar-refractivity contribution in [3.05, 3.63) is 107 Å². The molecule has 1 atom stereocenters. The predicted octanol–water partition coefficient (Wildman–Crippen LogP) is 4.91. The van der Waals surface area contributed by atoms with Crippen LogP contribution in [0.5, 0.6) is 0 Å². The normalized spacial score (nSPS) is 11.8. The predicted molar refractivity (Wildman–Crippen MR) is 107 cm³/mol. The smallest absolute Gasteiger partial charge is 0.252 e. The molecule has 0 fully saturated rings. The lowest BCUT2D eigenvalue weighted by molar-refractivity contribution is 0.0938. The first-order valence-corrected chi connectivity index (χ1v) is 9.09. The van der Waals surface area contributed by atoms with Crippen LogP contribution in [0.25, 0.3) is 11.5 Å². The molecule has 0 aliphatic heterocycles. The van der Waals surface area contributed by atoms with Crippen molar-refractivity contribution < 1.29 is 9.21 Å². The van der Waals surface area contributed by atoms with Crippen molar-refractivity contribution in [3.63, 3.8) is 0 Å². The van der Waals surface area contributed by atoms with Crippen molar-refractivity contribution in [1.82, 2.24) is 15.5 Å². The summed E-state index contributed by atoms with van der Waals surface area (Å²) in [5.41, 5.74) is 2.01. The SMILES string of the molecule is O=C(N[C@H](c1nnc(-c2ccccc2)o1)c1ccccc1Cl)c1ccccc1. The van der Waals surface area contributed by atoms with Crippen molar-refractivity contribution in [2.75, 3.05) is 0 Å². The molecule has 1 heterocycles. The monoisotopic (exact) mass is 389 g/mol.